The second kappa shape index (κ2) is 6.57. The highest BCUT2D eigenvalue weighted by atomic mass is 32.1. The summed E-state index contributed by atoms with van der Waals surface area (Å²) in [7, 11) is 0. The van der Waals surface area contributed by atoms with Gasteiger partial charge in [0.25, 0.3) is 5.91 Å². The number of aryl methyl sites for hydroxylation is 2. The Morgan fingerprint density at radius 3 is 2.69 bits per heavy atom. The highest BCUT2D eigenvalue weighted by Gasteiger charge is 2.19. The Hall–Kier alpha value is -3.26. The number of nitrogens with zero attached hydrogens (tertiary/aromatic N) is 3. The molecule has 1 aromatic carbocycles. The van der Waals surface area contributed by atoms with Crippen LogP contribution in [0.15, 0.2) is 47.1 Å². The van der Waals surface area contributed by atoms with Crippen molar-refractivity contribution in [3.05, 3.63) is 58.8 Å². The molecule has 0 unspecified atom stereocenters. The van der Waals surface area contributed by atoms with Gasteiger partial charge < -0.3 is 4.42 Å². The molecule has 4 aromatic rings. The van der Waals surface area contributed by atoms with E-state index in [0.717, 1.165) is 16.0 Å². The van der Waals surface area contributed by atoms with Gasteiger partial charge in [-0.15, -0.1) is 16.4 Å². The van der Waals surface area contributed by atoms with E-state index in [1.165, 1.54) is 11.3 Å². The molecular weight excluding hydrogens is 350 g/mol. The summed E-state index contributed by atoms with van der Waals surface area (Å²) in [6, 6.07) is 11.5. The van der Waals surface area contributed by atoms with Crippen LogP contribution in [0.3, 0.4) is 0 Å². The van der Waals surface area contributed by atoms with Crippen LogP contribution in [-0.4, -0.2) is 26.1 Å². The number of nitrogens with one attached hydrogen (secondary N) is 2. The Balaban J connectivity index is 1.53. The molecule has 8 heteroatoms. The molecule has 0 aliphatic carbocycles. The molecule has 0 saturated heterocycles. The lowest BCUT2D eigenvalue weighted by Gasteiger charge is -1.98. The fourth-order valence-electron chi connectivity index (χ4n) is 2.43. The third kappa shape index (κ3) is 3.14. The minimum absolute atomic E-state index is 0.206. The second-order valence-corrected chi connectivity index (χ2v) is 6.93. The van der Waals surface area contributed by atoms with Crippen LogP contribution in [0.25, 0.3) is 22.2 Å². The first kappa shape index (κ1) is 16.2. The Morgan fingerprint density at radius 2 is 1.96 bits per heavy atom. The zero-order chi connectivity index (χ0) is 18.1. The van der Waals surface area contributed by atoms with Crippen LogP contribution in [0.2, 0.25) is 0 Å². The fourth-order valence-corrected chi connectivity index (χ4v) is 3.31. The summed E-state index contributed by atoms with van der Waals surface area (Å²) in [6.07, 6.45) is 1.58. The van der Waals surface area contributed by atoms with Crippen molar-refractivity contribution in [3.8, 4) is 22.2 Å². The van der Waals surface area contributed by atoms with Gasteiger partial charge in [-0.1, -0.05) is 29.8 Å². The van der Waals surface area contributed by atoms with Crippen molar-refractivity contribution in [2.45, 2.75) is 13.8 Å². The third-order valence-electron chi connectivity index (χ3n) is 3.78. The highest BCUT2D eigenvalue weighted by Crippen LogP contribution is 2.28. The number of furan rings is 1. The molecule has 0 saturated carbocycles. The smallest absolute Gasteiger partial charge is 0.277 e. The van der Waals surface area contributed by atoms with Gasteiger partial charge in [-0.2, -0.15) is 4.98 Å². The van der Waals surface area contributed by atoms with Gasteiger partial charge >= 0.3 is 0 Å². The Kier molecular flexibility index (Phi) is 4.10. The predicted molar refractivity (Wildman–Crippen MR) is 99.1 cm³/mol. The van der Waals surface area contributed by atoms with Crippen molar-refractivity contribution in [2.75, 3.05) is 5.32 Å². The minimum atomic E-state index is -0.356. The molecule has 0 atom stereocenters. The van der Waals surface area contributed by atoms with Crippen molar-refractivity contribution in [3.63, 3.8) is 0 Å². The maximum absolute atomic E-state index is 12.5. The minimum Gasteiger partial charge on any atom is -0.462 e. The number of hydrogen-bond acceptors (Lipinski definition) is 6. The van der Waals surface area contributed by atoms with Crippen LogP contribution in [0.5, 0.6) is 0 Å². The topological polar surface area (TPSA) is 96.7 Å². The van der Waals surface area contributed by atoms with Crippen molar-refractivity contribution < 1.29 is 9.21 Å². The zero-order valence-corrected chi connectivity index (χ0v) is 14.9. The SMILES string of the molecule is Cc1ccc(-c2nc(NC(=O)c3nc(-c4ccco4)sc3C)n[nH]2)cc1. The lowest BCUT2D eigenvalue weighted by molar-refractivity contribution is 0.102. The van der Waals surface area contributed by atoms with Crippen LogP contribution >= 0.6 is 11.3 Å². The van der Waals surface area contributed by atoms with Gasteiger partial charge in [-0.3, -0.25) is 15.2 Å². The van der Waals surface area contributed by atoms with Gasteiger partial charge in [0, 0.05) is 10.4 Å². The Bertz CT molecular complexity index is 1050. The number of benzene rings is 1. The molecule has 7 nitrogen and oxygen atoms in total. The van der Waals surface area contributed by atoms with Gasteiger partial charge in [0.1, 0.15) is 5.69 Å². The summed E-state index contributed by atoms with van der Waals surface area (Å²) in [6.45, 7) is 3.86. The molecule has 3 aromatic heterocycles. The first-order chi connectivity index (χ1) is 12.6. The lowest BCUT2D eigenvalue weighted by atomic mass is 10.1. The van der Waals surface area contributed by atoms with Crippen LogP contribution < -0.4 is 5.32 Å². The molecule has 0 aliphatic heterocycles. The summed E-state index contributed by atoms with van der Waals surface area (Å²) >= 11 is 1.40. The Morgan fingerprint density at radius 1 is 1.15 bits per heavy atom. The van der Waals surface area contributed by atoms with Crippen molar-refractivity contribution in [1.29, 1.82) is 0 Å². The van der Waals surface area contributed by atoms with E-state index in [4.69, 9.17) is 4.42 Å². The molecule has 130 valence electrons. The normalized spacial score (nSPS) is 10.8. The van der Waals surface area contributed by atoms with E-state index in [0.29, 0.717) is 22.3 Å². The van der Waals surface area contributed by atoms with E-state index < -0.39 is 0 Å². The maximum atomic E-state index is 12.5. The molecule has 2 N–H and O–H groups in total. The quantitative estimate of drug-likeness (QED) is 0.568. The van der Waals surface area contributed by atoms with Crippen molar-refractivity contribution in [1.82, 2.24) is 20.2 Å². The van der Waals surface area contributed by atoms with E-state index in [1.807, 2.05) is 44.2 Å². The van der Waals surface area contributed by atoms with Crippen LogP contribution in [0.4, 0.5) is 5.95 Å². The molecule has 0 fully saturated rings. The van der Waals surface area contributed by atoms with Crippen LogP contribution in [0.1, 0.15) is 20.9 Å². The number of hydrogen-bond donors (Lipinski definition) is 2. The molecule has 3 heterocycles. The molecule has 0 aliphatic rings. The van der Waals surface area contributed by atoms with E-state index >= 15 is 0 Å². The van der Waals surface area contributed by atoms with E-state index in [9.17, 15) is 4.79 Å². The summed E-state index contributed by atoms with van der Waals surface area (Å²) in [5.74, 6) is 1.08. The third-order valence-corrected chi connectivity index (χ3v) is 4.76. The van der Waals surface area contributed by atoms with Crippen LogP contribution in [0, 0.1) is 13.8 Å². The Labute approximate surface area is 153 Å². The van der Waals surface area contributed by atoms with Gasteiger partial charge in [0.15, 0.2) is 16.6 Å². The molecule has 4 rings (SSSR count). The monoisotopic (exact) mass is 365 g/mol. The second-order valence-electron chi connectivity index (χ2n) is 5.73. The molecule has 0 radical (unpaired) electrons. The molecule has 0 spiro atoms. The average molecular weight is 365 g/mol. The first-order valence-corrected chi connectivity index (χ1v) is 8.74. The number of amides is 1. The van der Waals surface area contributed by atoms with Gasteiger partial charge in [0.2, 0.25) is 5.95 Å². The van der Waals surface area contributed by atoms with Gasteiger partial charge in [-0.25, -0.2) is 4.98 Å². The predicted octanol–water partition coefficient (Wildman–Crippen LogP) is 4.06. The van der Waals surface area contributed by atoms with Crippen molar-refractivity contribution in [2.24, 2.45) is 0 Å². The number of carbonyl (C=O) groups is 1. The number of carbonyl (C=O) groups excluding carboxylic acids is 1. The fraction of sp³-hybridized carbons (Fsp3) is 0.111. The average Bonchev–Trinajstić information content (AvgIpc) is 3.35. The van der Waals surface area contributed by atoms with E-state index in [1.54, 1.807) is 12.3 Å². The summed E-state index contributed by atoms with van der Waals surface area (Å²) in [5.41, 5.74) is 2.39. The number of rotatable bonds is 4. The molecule has 1 amide bonds. The van der Waals surface area contributed by atoms with Gasteiger partial charge in [0.05, 0.1) is 6.26 Å². The van der Waals surface area contributed by atoms with E-state index in [-0.39, 0.29) is 11.9 Å². The highest BCUT2D eigenvalue weighted by molar-refractivity contribution is 7.15. The van der Waals surface area contributed by atoms with Crippen LogP contribution in [-0.2, 0) is 0 Å². The number of thiazole rings is 1. The van der Waals surface area contributed by atoms with E-state index in [2.05, 4.69) is 25.5 Å². The molecular formula is C18H15N5O2S. The van der Waals surface area contributed by atoms with Gasteiger partial charge in [-0.05, 0) is 26.0 Å². The zero-order valence-electron chi connectivity index (χ0n) is 14.1. The first-order valence-electron chi connectivity index (χ1n) is 7.92. The molecule has 26 heavy (non-hydrogen) atoms. The number of aromatic amines is 1. The number of H-pyrrole nitrogens is 1. The standard InChI is InChI=1S/C18H15N5O2S/c1-10-5-7-12(8-6-10)15-20-18(23-22-15)21-16(24)14-11(2)26-17(19-14)13-4-3-9-25-13/h3-9H,1-2H3,(H2,20,21,22,23,24). The number of aromatic nitrogens is 4. The van der Waals surface area contributed by atoms with Crippen molar-refractivity contribution >= 4 is 23.2 Å². The summed E-state index contributed by atoms with van der Waals surface area (Å²) in [5, 5.41) is 10.2. The summed E-state index contributed by atoms with van der Waals surface area (Å²) < 4.78 is 5.33. The number of anilines is 1. The maximum Gasteiger partial charge on any atom is 0.277 e. The lowest BCUT2D eigenvalue weighted by Crippen LogP contribution is -2.14. The largest absolute Gasteiger partial charge is 0.462 e. The summed E-state index contributed by atoms with van der Waals surface area (Å²) in [4.78, 5) is 22.0. The molecule has 0 bridgehead atoms.